The normalized spacial score (nSPS) is 10.1. The van der Waals surface area contributed by atoms with E-state index in [9.17, 15) is 14.4 Å². The average molecular weight is 199 g/mol. The Morgan fingerprint density at radius 3 is 2.64 bits per heavy atom. The zero-order chi connectivity index (χ0) is 10.9. The molecule has 0 saturated carbocycles. The lowest BCUT2D eigenvalue weighted by molar-refractivity contribution is -0.137. The van der Waals surface area contributed by atoms with Crippen LogP contribution in [0, 0.1) is 6.92 Å². The molecule has 0 spiro atoms. The van der Waals surface area contributed by atoms with Crippen molar-refractivity contribution in [3.63, 3.8) is 0 Å². The number of aliphatic carboxylic acids is 1. The first-order valence-corrected chi connectivity index (χ1v) is 3.74. The Balaban J connectivity index is 3.44. The van der Waals surface area contributed by atoms with Gasteiger partial charge in [-0.3, -0.25) is 14.2 Å². The topological polar surface area (TPSA) is 107 Å². The lowest BCUT2D eigenvalue weighted by Crippen LogP contribution is -2.45. The highest BCUT2D eigenvalue weighted by Gasteiger charge is 2.08. The van der Waals surface area contributed by atoms with Gasteiger partial charge >= 0.3 is 11.7 Å². The molecule has 0 fully saturated rings. The van der Waals surface area contributed by atoms with Crippen molar-refractivity contribution in [3.8, 4) is 0 Å². The molecule has 0 atom stereocenters. The molecule has 7 nitrogen and oxygen atoms in total. The lowest BCUT2D eigenvalue weighted by Gasteiger charge is -2.07. The molecule has 0 unspecified atom stereocenters. The lowest BCUT2D eigenvalue weighted by atomic mass is 10.4. The number of carbonyl (C=O) groups is 1. The van der Waals surface area contributed by atoms with Crippen molar-refractivity contribution in [1.82, 2.24) is 9.24 Å². The summed E-state index contributed by atoms with van der Waals surface area (Å²) >= 11 is 0. The zero-order valence-corrected chi connectivity index (χ0v) is 7.43. The van der Waals surface area contributed by atoms with E-state index in [0.29, 0.717) is 4.68 Å². The molecule has 0 saturated heterocycles. The fraction of sp³-hybridized carbons (Fsp3) is 0.286. The van der Waals surface area contributed by atoms with Gasteiger partial charge < -0.3 is 10.9 Å². The molecule has 0 radical (unpaired) electrons. The van der Waals surface area contributed by atoms with E-state index in [1.807, 2.05) is 0 Å². The predicted octanol–water partition coefficient (Wildman–Crippen LogP) is -1.88. The largest absolute Gasteiger partial charge is 0.480 e. The fourth-order valence-electron chi connectivity index (χ4n) is 1.03. The van der Waals surface area contributed by atoms with Crippen molar-refractivity contribution >= 4 is 5.97 Å². The molecule has 1 aromatic heterocycles. The molecule has 0 aromatic carbocycles. The van der Waals surface area contributed by atoms with E-state index >= 15 is 0 Å². The standard InChI is InChI=1S/C7H9N3O4/c1-4-2-5(11)10(8)7(14)9(4)3-6(12)13/h2H,3,8H2,1H3,(H,12,13). The van der Waals surface area contributed by atoms with E-state index in [2.05, 4.69) is 0 Å². The maximum atomic E-state index is 11.3. The van der Waals surface area contributed by atoms with Gasteiger partial charge in [0.25, 0.3) is 5.56 Å². The number of nitrogen functional groups attached to an aromatic ring is 1. The summed E-state index contributed by atoms with van der Waals surface area (Å²) in [6, 6.07) is 1.10. The van der Waals surface area contributed by atoms with Gasteiger partial charge in [-0.05, 0) is 6.92 Å². The number of hydrogen-bond donors (Lipinski definition) is 2. The monoisotopic (exact) mass is 199 g/mol. The van der Waals surface area contributed by atoms with Crippen LogP contribution in [0.25, 0.3) is 0 Å². The number of carboxylic acid groups (broad SMARTS) is 1. The highest BCUT2D eigenvalue weighted by molar-refractivity contribution is 5.66. The first-order chi connectivity index (χ1) is 6.43. The van der Waals surface area contributed by atoms with E-state index in [1.54, 1.807) is 0 Å². The van der Waals surface area contributed by atoms with Gasteiger partial charge in [-0.2, -0.15) is 4.68 Å². The number of rotatable bonds is 2. The van der Waals surface area contributed by atoms with E-state index in [4.69, 9.17) is 10.9 Å². The smallest absolute Gasteiger partial charge is 0.350 e. The van der Waals surface area contributed by atoms with Crippen LogP contribution >= 0.6 is 0 Å². The summed E-state index contributed by atoms with van der Waals surface area (Å²) in [5, 5.41) is 8.49. The summed E-state index contributed by atoms with van der Waals surface area (Å²) in [6.45, 7) is 0.952. The van der Waals surface area contributed by atoms with Crippen LogP contribution in [0.4, 0.5) is 0 Å². The number of carboxylic acids is 1. The van der Waals surface area contributed by atoms with Gasteiger partial charge in [-0.1, -0.05) is 0 Å². The summed E-state index contributed by atoms with van der Waals surface area (Å²) in [6.07, 6.45) is 0. The highest BCUT2D eigenvalue weighted by atomic mass is 16.4. The van der Waals surface area contributed by atoms with E-state index in [0.717, 1.165) is 10.6 Å². The van der Waals surface area contributed by atoms with Crippen LogP contribution in [-0.2, 0) is 11.3 Å². The molecule has 0 bridgehead atoms. The molecule has 0 aliphatic heterocycles. The molecular formula is C7H9N3O4. The summed E-state index contributed by atoms with van der Waals surface area (Å²) < 4.78 is 1.28. The quantitative estimate of drug-likeness (QED) is 0.542. The van der Waals surface area contributed by atoms with Crippen molar-refractivity contribution in [2.45, 2.75) is 13.5 Å². The zero-order valence-electron chi connectivity index (χ0n) is 7.43. The number of hydrogen-bond acceptors (Lipinski definition) is 4. The van der Waals surface area contributed by atoms with Gasteiger partial charge in [0.2, 0.25) is 0 Å². The van der Waals surface area contributed by atoms with Crippen LogP contribution in [0.5, 0.6) is 0 Å². The van der Waals surface area contributed by atoms with Crippen LogP contribution in [0.3, 0.4) is 0 Å². The Morgan fingerprint density at radius 1 is 1.57 bits per heavy atom. The Morgan fingerprint density at radius 2 is 2.14 bits per heavy atom. The van der Waals surface area contributed by atoms with Crippen LogP contribution in [0.2, 0.25) is 0 Å². The maximum Gasteiger partial charge on any atom is 0.350 e. The molecule has 7 heteroatoms. The molecule has 3 N–H and O–H groups in total. The maximum absolute atomic E-state index is 11.3. The first-order valence-electron chi connectivity index (χ1n) is 3.74. The van der Waals surface area contributed by atoms with Gasteiger partial charge in [0.1, 0.15) is 6.54 Å². The van der Waals surface area contributed by atoms with Crippen LogP contribution in [0.15, 0.2) is 15.7 Å². The second kappa shape index (κ2) is 3.36. The second-order valence-corrected chi connectivity index (χ2v) is 2.76. The van der Waals surface area contributed by atoms with Gasteiger partial charge in [0.15, 0.2) is 0 Å². The minimum atomic E-state index is -1.17. The van der Waals surface area contributed by atoms with Crippen molar-refractivity contribution in [2.75, 3.05) is 5.84 Å². The van der Waals surface area contributed by atoms with Gasteiger partial charge in [-0.25, -0.2) is 4.79 Å². The van der Waals surface area contributed by atoms with E-state index in [1.165, 1.54) is 6.92 Å². The molecular weight excluding hydrogens is 190 g/mol. The molecule has 1 aromatic rings. The molecule has 1 heterocycles. The van der Waals surface area contributed by atoms with Crippen LogP contribution < -0.4 is 17.1 Å². The van der Waals surface area contributed by atoms with Gasteiger partial charge in [0.05, 0.1) is 0 Å². The fourth-order valence-corrected chi connectivity index (χ4v) is 1.03. The Bertz CT molecular complexity index is 485. The third-order valence-electron chi connectivity index (χ3n) is 1.73. The average Bonchev–Trinajstić information content (AvgIpc) is 2.09. The van der Waals surface area contributed by atoms with E-state index < -0.39 is 23.8 Å². The molecule has 0 amide bonds. The molecule has 1 rings (SSSR count). The van der Waals surface area contributed by atoms with Crippen molar-refractivity contribution < 1.29 is 9.90 Å². The van der Waals surface area contributed by atoms with Crippen molar-refractivity contribution in [2.24, 2.45) is 0 Å². The SMILES string of the molecule is Cc1cc(=O)n(N)c(=O)n1CC(=O)O. The third kappa shape index (κ3) is 1.65. The van der Waals surface area contributed by atoms with Crippen LogP contribution in [0.1, 0.15) is 5.69 Å². The number of aromatic nitrogens is 2. The van der Waals surface area contributed by atoms with E-state index in [-0.39, 0.29) is 5.69 Å². The Hall–Kier alpha value is -2.05. The molecule has 0 aliphatic carbocycles. The van der Waals surface area contributed by atoms with Crippen LogP contribution in [-0.4, -0.2) is 20.3 Å². The third-order valence-corrected chi connectivity index (χ3v) is 1.73. The molecule has 76 valence electrons. The Kier molecular flexibility index (Phi) is 2.41. The van der Waals surface area contributed by atoms with Gasteiger partial charge in [0, 0.05) is 11.8 Å². The number of aryl methyl sites for hydroxylation is 1. The number of nitrogens with two attached hydrogens (primary N) is 1. The summed E-state index contributed by atoms with van der Waals surface area (Å²) in [7, 11) is 0. The van der Waals surface area contributed by atoms with Crippen molar-refractivity contribution in [3.05, 3.63) is 32.6 Å². The molecule has 0 aliphatic rings. The van der Waals surface area contributed by atoms with Gasteiger partial charge in [-0.15, -0.1) is 0 Å². The summed E-state index contributed by atoms with van der Waals surface area (Å²) in [4.78, 5) is 32.6. The number of nitrogens with zero attached hydrogens (tertiary/aromatic N) is 2. The molecule has 14 heavy (non-hydrogen) atoms. The first kappa shape index (κ1) is 10.0. The second-order valence-electron chi connectivity index (χ2n) is 2.76. The highest BCUT2D eigenvalue weighted by Crippen LogP contribution is 1.88. The minimum absolute atomic E-state index is 0.268. The summed E-state index contributed by atoms with van der Waals surface area (Å²) in [5.41, 5.74) is -1.23. The minimum Gasteiger partial charge on any atom is -0.480 e. The van der Waals surface area contributed by atoms with Crippen molar-refractivity contribution in [1.29, 1.82) is 0 Å². The Labute approximate surface area is 78.0 Å². The predicted molar refractivity (Wildman–Crippen MR) is 47.5 cm³/mol. The summed E-state index contributed by atoms with van der Waals surface area (Å²) in [5.74, 6) is 3.93.